The monoisotopic (exact) mass is 351 g/mol. The molecule has 2 aliphatic rings. The molecule has 2 unspecified atom stereocenters. The van der Waals surface area contributed by atoms with Gasteiger partial charge in [-0.15, -0.1) is 0 Å². The van der Waals surface area contributed by atoms with Crippen LogP contribution in [0.3, 0.4) is 0 Å². The standard InChI is InChI=1S/C18H26BrNO/c19-16-6-4-14(5-7-16)12-17(20)15-8-11-21-18(13-15)9-2-1-3-10-18/h4-7,15,17H,1-3,8-13,20H2. The summed E-state index contributed by atoms with van der Waals surface area (Å²) >= 11 is 3.49. The highest BCUT2D eigenvalue weighted by Gasteiger charge is 2.39. The molecule has 116 valence electrons. The van der Waals surface area contributed by atoms with Gasteiger partial charge in [0.15, 0.2) is 0 Å². The van der Waals surface area contributed by atoms with Crippen LogP contribution >= 0.6 is 15.9 Å². The van der Waals surface area contributed by atoms with Crippen molar-refractivity contribution in [2.75, 3.05) is 6.61 Å². The van der Waals surface area contributed by atoms with Crippen molar-refractivity contribution in [2.45, 2.75) is 63.0 Å². The Hall–Kier alpha value is -0.380. The SMILES string of the molecule is NC(Cc1ccc(Br)cc1)C1CCOC2(CCCCC2)C1. The van der Waals surface area contributed by atoms with E-state index in [2.05, 4.69) is 40.2 Å². The van der Waals surface area contributed by atoms with E-state index >= 15 is 0 Å². The van der Waals surface area contributed by atoms with E-state index in [1.807, 2.05) is 0 Å². The number of rotatable bonds is 3. The molecule has 2 fully saturated rings. The van der Waals surface area contributed by atoms with E-state index in [1.165, 1.54) is 44.1 Å². The van der Waals surface area contributed by atoms with Crippen LogP contribution in [-0.4, -0.2) is 18.2 Å². The maximum absolute atomic E-state index is 6.54. The average Bonchev–Trinajstić information content (AvgIpc) is 2.50. The lowest BCUT2D eigenvalue weighted by atomic mass is 9.73. The molecule has 0 amide bonds. The molecule has 1 aliphatic heterocycles. The fraction of sp³-hybridized carbons (Fsp3) is 0.667. The molecule has 2 nitrogen and oxygen atoms in total. The van der Waals surface area contributed by atoms with Crippen LogP contribution in [0.15, 0.2) is 28.7 Å². The second-order valence-corrected chi connectivity index (χ2v) is 7.76. The first-order valence-corrected chi connectivity index (χ1v) is 9.10. The van der Waals surface area contributed by atoms with Crippen molar-refractivity contribution in [1.82, 2.24) is 0 Å². The van der Waals surface area contributed by atoms with Gasteiger partial charge < -0.3 is 10.5 Å². The van der Waals surface area contributed by atoms with E-state index in [0.29, 0.717) is 5.92 Å². The van der Waals surface area contributed by atoms with Gasteiger partial charge in [0.05, 0.1) is 5.60 Å². The Morgan fingerprint density at radius 3 is 2.62 bits per heavy atom. The van der Waals surface area contributed by atoms with E-state index in [9.17, 15) is 0 Å². The number of nitrogens with two attached hydrogens (primary N) is 1. The maximum atomic E-state index is 6.54. The molecule has 3 heteroatoms. The molecule has 1 aromatic rings. The molecule has 1 heterocycles. The van der Waals surface area contributed by atoms with Crippen molar-refractivity contribution >= 4 is 15.9 Å². The molecular weight excluding hydrogens is 326 g/mol. The van der Waals surface area contributed by atoms with E-state index in [4.69, 9.17) is 10.5 Å². The molecule has 0 bridgehead atoms. The Kier molecular flexibility index (Phi) is 5.03. The van der Waals surface area contributed by atoms with E-state index in [0.717, 1.165) is 23.9 Å². The predicted molar refractivity (Wildman–Crippen MR) is 90.3 cm³/mol. The van der Waals surface area contributed by atoms with Gasteiger partial charge in [0.25, 0.3) is 0 Å². The summed E-state index contributed by atoms with van der Waals surface area (Å²) < 4.78 is 7.32. The summed E-state index contributed by atoms with van der Waals surface area (Å²) in [5, 5.41) is 0. The molecule has 21 heavy (non-hydrogen) atoms. The summed E-state index contributed by atoms with van der Waals surface area (Å²) in [4.78, 5) is 0. The summed E-state index contributed by atoms with van der Waals surface area (Å²) in [6.45, 7) is 0.901. The molecule has 1 aliphatic carbocycles. The zero-order chi connectivity index (χ0) is 14.7. The molecular formula is C18H26BrNO. The number of hydrogen-bond donors (Lipinski definition) is 1. The maximum Gasteiger partial charge on any atom is 0.0685 e. The first kappa shape index (κ1) is 15.5. The van der Waals surface area contributed by atoms with Crippen molar-refractivity contribution in [3.8, 4) is 0 Å². The summed E-state index contributed by atoms with van der Waals surface area (Å²) in [5.41, 5.74) is 8.05. The third-order valence-corrected chi connectivity index (χ3v) is 5.81. The Morgan fingerprint density at radius 2 is 1.90 bits per heavy atom. The second kappa shape index (κ2) is 6.80. The number of benzene rings is 1. The highest BCUT2D eigenvalue weighted by molar-refractivity contribution is 9.10. The van der Waals surface area contributed by atoms with Crippen molar-refractivity contribution in [1.29, 1.82) is 0 Å². The lowest BCUT2D eigenvalue weighted by Gasteiger charge is -2.45. The van der Waals surface area contributed by atoms with Crippen LogP contribution < -0.4 is 5.73 Å². The third kappa shape index (κ3) is 3.88. The molecule has 2 N–H and O–H groups in total. The van der Waals surface area contributed by atoms with Crippen LogP contribution in [0.1, 0.15) is 50.5 Å². The topological polar surface area (TPSA) is 35.2 Å². The lowest BCUT2D eigenvalue weighted by molar-refractivity contribution is -0.120. The average molecular weight is 352 g/mol. The normalized spacial score (nSPS) is 26.7. The van der Waals surface area contributed by atoms with Crippen LogP contribution in [0.2, 0.25) is 0 Å². The van der Waals surface area contributed by atoms with E-state index < -0.39 is 0 Å². The summed E-state index contributed by atoms with van der Waals surface area (Å²) in [6.07, 6.45) is 9.80. The highest BCUT2D eigenvalue weighted by Crippen LogP contribution is 2.41. The number of halogens is 1. The van der Waals surface area contributed by atoms with Gasteiger partial charge in [-0.05, 0) is 55.7 Å². The summed E-state index contributed by atoms with van der Waals surface area (Å²) in [6, 6.07) is 8.83. The summed E-state index contributed by atoms with van der Waals surface area (Å²) in [7, 11) is 0. The van der Waals surface area contributed by atoms with E-state index in [-0.39, 0.29) is 11.6 Å². The molecule has 1 saturated carbocycles. The van der Waals surface area contributed by atoms with Crippen molar-refractivity contribution < 1.29 is 4.74 Å². The number of ether oxygens (including phenoxy) is 1. The van der Waals surface area contributed by atoms with Crippen LogP contribution in [0, 0.1) is 5.92 Å². The highest BCUT2D eigenvalue weighted by atomic mass is 79.9. The molecule has 2 atom stereocenters. The van der Waals surface area contributed by atoms with Gasteiger partial charge in [-0.3, -0.25) is 0 Å². The Morgan fingerprint density at radius 1 is 1.19 bits per heavy atom. The van der Waals surface area contributed by atoms with Crippen LogP contribution in [0.4, 0.5) is 0 Å². The fourth-order valence-electron chi connectivity index (χ4n) is 4.03. The van der Waals surface area contributed by atoms with Gasteiger partial charge in [-0.25, -0.2) is 0 Å². The van der Waals surface area contributed by atoms with Crippen molar-refractivity contribution in [3.05, 3.63) is 34.3 Å². The van der Waals surface area contributed by atoms with Gasteiger partial charge in [0.1, 0.15) is 0 Å². The van der Waals surface area contributed by atoms with Crippen molar-refractivity contribution in [2.24, 2.45) is 11.7 Å². The molecule has 1 spiro atoms. The zero-order valence-corrected chi connectivity index (χ0v) is 14.3. The van der Waals surface area contributed by atoms with Gasteiger partial charge in [-0.1, -0.05) is 47.3 Å². The third-order valence-electron chi connectivity index (χ3n) is 5.29. The van der Waals surface area contributed by atoms with Gasteiger partial charge in [-0.2, -0.15) is 0 Å². The van der Waals surface area contributed by atoms with Gasteiger partial charge in [0, 0.05) is 17.1 Å². The van der Waals surface area contributed by atoms with Crippen LogP contribution in [0.25, 0.3) is 0 Å². The van der Waals surface area contributed by atoms with Gasteiger partial charge in [0.2, 0.25) is 0 Å². The predicted octanol–water partition coefficient (Wildman–Crippen LogP) is 4.45. The first-order chi connectivity index (χ1) is 10.2. The molecule has 1 aromatic carbocycles. The Balaban J connectivity index is 1.61. The van der Waals surface area contributed by atoms with Gasteiger partial charge >= 0.3 is 0 Å². The minimum absolute atomic E-state index is 0.165. The minimum atomic E-state index is 0.165. The largest absolute Gasteiger partial charge is 0.375 e. The second-order valence-electron chi connectivity index (χ2n) is 6.84. The van der Waals surface area contributed by atoms with Crippen LogP contribution in [0.5, 0.6) is 0 Å². The smallest absolute Gasteiger partial charge is 0.0685 e. The fourth-order valence-corrected chi connectivity index (χ4v) is 4.30. The van der Waals surface area contributed by atoms with Crippen molar-refractivity contribution in [3.63, 3.8) is 0 Å². The molecule has 1 saturated heterocycles. The van der Waals surface area contributed by atoms with Crippen LogP contribution in [-0.2, 0) is 11.2 Å². The first-order valence-electron chi connectivity index (χ1n) is 8.31. The molecule has 3 rings (SSSR count). The molecule has 0 radical (unpaired) electrons. The Bertz CT molecular complexity index is 447. The summed E-state index contributed by atoms with van der Waals surface area (Å²) in [5.74, 6) is 0.612. The molecule has 0 aromatic heterocycles. The van der Waals surface area contributed by atoms with E-state index in [1.54, 1.807) is 0 Å². The lowest BCUT2D eigenvalue weighted by Crippen LogP contribution is -2.46. The number of hydrogen-bond acceptors (Lipinski definition) is 2. The zero-order valence-electron chi connectivity index (χ0n) is 12.7. The quantitative estimate of drug-likeness (QED) is 0.872. The minimum Gasteiger partial charge on any atom is -0.375 e. The Labute approximate surface area is 136 Å².